The minimum absolute atomic E-state index is 0.256. The van der Waals surface area contributed by atoms with Crippen LogP contribution in [0.5, 0.6) is 0 Å². The van der Waals surface area contributed by atoms with Crippen molar-refractivity contribution in [3.8, 4) is 0 Å². The number of rotatable bonds is 5. The third-order valence-electron chi connectivity index (χ3n) is 2.97. The Hall–Kier alpha value is -0.650. The molecule has 1 aromatic heterocycles. The minimum Gasteiger partial charge on any atom is -0.310 e. The van der Waals surface area contributed by atoms with Crippen LogP contribution in [0.3, 0.4) is 0 Å². The molecule has 0 saturated heterocycles. The van der Waals surface area contributed by atoms with E-state index < -0.39 is 0 Å². The van der Waals surface area contributed by atoms with Gasteiger partial charge in [-0.05, 0) is 36.4 Å². The summed E-state index contributed by atoms with van der Waals surface area (Å²) >= 11 is 7.17. The largest absolute Gasteiger partial charge is 0.310 e. The van der Waals surface area contributed by atoms with Crippen LogP contribution in [0.1, 0.15) is 24.2 Å². The highest BCUT2D eigenvalue weighted by molar-refractivity contribution is 9.11. The Morgan fingerprint density at radius 1 is 1.32 bits per heavy atom. The Bertz CT molecular complexity index is 551. The van der Waals surface area contributed by atoms with Crippen molar-refractivity contribution in [3.63, 3.8) is 0 Å². The molecule has 5 heteroatoms. The molecule has 0 aliphatic carbocycles. The van der Waals surface area contributed by atoms with Crippen LogP contribution < -0.4 is 5.32 Å². The molecule has 1 aromatic carbocycles. The molecule has 3 nitrogen and oxygen atoms in total. The van der Waals surface area contributed by atoms with E-state index in [4.69, 9.17) is 0 Å². The molecule has 19 heavy (non-hydrogen) atoms. The molecule has 0 spiro atoms. The van der Waals surface area contributed by atoms with Gasteiger partial charge < -0.3 is 5.32 Å². The van der Waals surface area contributed by atoms with Gasteiger partial charge >= 0.3 is 0 Å². The van der Waals surface area contributed by atoms with Gasteiger partial charge in [0.15, 0.2) is 0 Å². The Balaban J connectivity index is 2.26. The van der Waals surface area contributed by atoms with Gasteiger partial charge in [-0.3, -0.25) is 4.68 Å². The number of hydrogen-bond acceptors (Lipinski definition) is 2. The third kappa shape index (κ3) is 3.91. The van der Waals surface area contributed by atoms with Gasteiger partial charge in [0.1, 0.15) is 0 Å². The first-order valence-electron chi connectivity index (χ1n) is 6.27. The molecule has 1 atom stereocenters. The van der Waals surface area contributed by atoms with Crippen molar-refractivity contribution >= 4 is 31.9 Å². The highest BCUT2D eigenvalue weighted by Gasteiger charge is 2.16. The van der Waals surface area contributed by atoms with Gasteiger partial charge in [0, 0.05) is 34.7 Å². The van der Waals surface area contributed by atoms with Gasteiger partial charge in [-0.2, -0.15) is 5.10 Å². The van der Waals surface area contributed by atoms with Crippen LogP contribution in [-0.2, 0) is 13.5 Å². The van der Waals surface area contributed by atoms with E-state index in [-0.39, 0.29) is 6.04 Å². The van der Waals surface area contributed by atoms with Gasteiger partial charge in [-0.25, -0.2) is 0 Å². The summed E-state index contributed by atoms with van der Waals surface area (Å²) in [6.07, 6.45) is 2.86. The summed E-state index contributed by atoms with van der Waals surface area (Å²) in [7, 11) is 1.95. The normalized spacial score (nSPS) is 12.6. The molecule has 2 rings (SSSR count). The van der Waals surface area contributed by atoms with Gasteiger partial charge in [0.2, 0.25) is 0 Å². The van der Waals surface area contributed by atoms with Crippen molar-refractivity contribution in [2.24, 2.45) is 7.05 Å². The Labute approximate surface area is 130 Å². The van der Waals surface area contributed by atoms with E-state index in [1.54, 1.807) is 0 Å². The molecule has 0 radical (unpaired) electrons. The van der Waals surface area contributed by atoms with Crippen molar-refractivity contribution in [2.45, 2.75) is 19.4 Å². The van der Waals surface area contributed by atoms with Crippen LogP contribution in [0.15, 0.2) is 39.4 Å². The fourth-order valence-electron chi connectivity index (χ4n) is 2.10. The van der Waals surface area contributed by atoms with E-state index >= 15 is 0 Å². The number of nitrogens with zero attached hydrogens (tertiary/aromatic N) is 2. The highest BCUT2D eigenvalue weighted by Crippen LogP contribution is 2.28. The molecular weight excluding hydrogens is 370 g/mol. The van der Waals surface area contributed by atoms with E-state index in [0.29, 0.717) is 0 Å². The lowest BCUT2D eigenvalue weighted by Crippen LogP contribution is -2.23. The molecule has 1 heterocycles. The standard InChI is InChI=1S/C14H17Br2N3/c1-3-17-14(9-11-6-7-19(2)18-11)12-8-10(15)4-5-13(12)16/h4-8,14,17H,3,9H2,1-2H3. The van der Waals surface area contributed by atoms with Crippen LogP contribution in [0.25, 0.3) is 0 Å². The monoisotopic (exact) mass is 385 g/mol. The van der Waals surface area contributed by atoms with Crippen LogP contribution in [0.4, 0.5) is 0 Å². The van der Waals surface area contributed by atoms with Crippen molar-refractivity contribution in [1.29, 1.82) is 0 Å². The van der Waals surface area contributed by atoms with E-state index in [9.17, 15) is 0 Å². The average molecular weight is 387 g/mol. The lowest BCUT2D eigenvalue weighted by atomic mass is 10.0. The van der Waals surface area contributed by atoms with Crippen LogP contribution in [0.2, 0.25) is 0 Å². The maximum Gasteiger partial charge on any atom is 0.0643 e. The molecule has 102 valence electrons. The molecule has 0 fully saturated rings. The number of aromatic nitrogens is 2. The Morgan fingerprint density at radius 3 is 2.74 bits per heavy atom. The number of hydrogen-bond donors (Lipinski definition) is 1. The zero-order valence-corrected chi connectivity index (χ0v) is 14.2. The maximum atomic E-state index is 4.46. The van der Waals surface area contributed by atoms with Crippen molar-refractivity contribution in [1.82, 2.24) is 15.1 Å². The summed E-state index contributed by atoms with van der Waals surface area (Å²) in [5.41, 5.74) is 2.35. The molecular formula is C14H17Br2N3. The molecule has 2 aromatic rings. The summed E-state index contributed by atoms with van der Waals surface area (Å²) in [6, 6.07) is 8.59. The predicted octanol–water partition coefficient (Wildman–Crippen LogP) is 3.84. The van der Waals surface area contributed by atoms with Gasteiger partial charge in [-0.1, -0.05) is 38.8 Å². The molecule has 0 aliphatic heterocycles. The van der Waals surface area contributed by atoms with E-state index in [1.807, 2.05) is 24.0 Å². The van der Waals surface area contributed by atoms with Gasteiger partial charge in [0.25, 0.3) is 0 Å². The number of nitrogens with one attached hydrogen (secondary N) is 1. The van der Waals surface area contributed by atoms with E-state index in [1.165, 1.54) is 5.56 Å². The first-order valence-corrected chi connectivity index (χ1v) is 7.85. The van der Waals surface area contributed by atoms with Gasteiger partial charge in [0.05, 0.1) is 5.69 Å². The minimum atomic E-state index is 0.256. The van der Waals surface area contributed by atoms with Crippen molar-refractivity contribution in [2.75, 3.05) is 6.54 Å². The molecule has 1 unspecified atom stereocenters. The van der Waals surface area contributed by atoms with E-state index in [2.05, 4.69) is 67.4 Å². The molecule has 1 N–H and O–H groups in total. The molecule has 0 amide bonds. The predicted molar refractivity (Wildman–Crippen MR) is 85.2 cm³/mol. The zero-order chi connectivity index (χ0) is 13.8. The van der Waals surface area contributed by atoms with Crippen molar-refractivity contribution < 1.29 is 0 Å². The average Bonchev–Trinajstić information content (AvgIpc) is 2.77. The van der Waals surface area contributed by atoms with Crippen molar-refractivity contribution in [3.05, 3.63) is 50.7 Å². The lowest BCUT2D eigenvalue weighted by molar-refractivity contribution is 0.538. The number of aryl methyl sites for hydroxylation is 1. The van der Waals surface area contributed by atoms with Crippen LogP contribution >= 0.6 is 31.9 Å². The molecule has 0 aliphatic rings. The fraction of sp³-hybridized carbons (Fsp3) is 0.357. The summed E-state index contributed by atoms with van der Waals surface area (Å²) in [5, 5.41) is 7.98. The number of halogens is 2. The third-order valence-corrected chi connectivity index (χ3v) is 4.18. The summed E-state index contributed by atoms with van der Waals surface area (Å²) in [6.45, 7) is 3.05. The van der Waals surface area contributed by atoms with E-state index in [0.717, 1.165) is 27.6 Å². The number of likely N-dealkylation sites (N-methyl/N-ethyl adjacent to an activating group) is 1. The first-order chi connectivity index (χ1) is 9.10. The first kappa shape index (κ1) is 14.8. The Morgan fingerprint density at radius 2 is 2.11 bits per heavy atom. The molecule has 0 bridgehead atoms. The van der Waals surface area contributed by atoms with Crippen LogP contribution in [0, 0.1) is 0 Å². The second kappa shape index (κ2) is 6.68. The number of benzene rings is 1. The topological polar surface area (TPSA) is 29.9 Å². The SMILES string of the molecule is CCNC(Cc1ccn(C)n1)c1cc(Br)ccc1Br. The highest BCUT2D eigenvalue weighted by atomic mass is 79.9. The second-order valence-electron chi connectivity index (χ2n) is 4.46. The fourth-order valence-corrected chi connectivity index (χ4v) is 3.00. The second-order valence-corrected chi connectivity index (χ2v) is 6.23. The maximum absolute atomic E-state index is 4.46. The van der Waals surface area contributed by atoms with Gasteiger partial charge in [-0.15, -0.1) is 0 Å². The smallest absolute Gasteiger partial charge is 0.0643 e. The molecule has 0 saturated carbocycles. The zero-order valence-electron chi connectivity index (χ0n) is 11.0. The quantitative estimate of drug-likeness (QED) is 0.845. The lowest BCUT2D eigenvalue weighted by Gasteiger charge is -2.19. The van der Waals surface area contributed by atoms with Crippen LogP contribution in [-0.4, -0.2) is 16.3 Å². The summed E-state index contributed by atoms with van der Waals surface area (Å²) in [5.74, 6) is 0. The summed E-state index contributed by atoms with van der Waals surface area (Å²) < 4.78 is 4.06. The Kier molecular flexibility index (Phi) is 5.19. The summed E-state index contributed by atoms with van der Waals surface area (Å²) in [4.78, 5) is 0.